The van der Waals surface area contributed by atoms with Gasteiger partial charge in [-0.25, -0.2) is 0 Å². The van der Waals surface area contributed by atoms with E-state index >= 15 is 0 Å². The maximum Gasteiger partial charge on any atom is 0.0704 e. The molecular formula is C76H77N3. The molecule has 3 heterocycles. The van der Waals surface area contributed by atoms with Gasteiger partial charge in [0, 0.05) is 43.5 Å². The zero-order valence-corrected chi connectivity index (χ0v) is 47.5. The molecule has 0 radical (unpaired) electrons. The van der Waals surface area contributed by atoms with Crippen molar-refractivity contribution >= 4 is 0 Å². The number of nitrogens with zero attached hydrogens (tertiary/aromatic N) is 3. The summed E-state index contributed by atoms with van der Waals surface area (Å²) in [4.78, 5) is 14.2. The lowest BCUT2D eigenvalue weighted by Crippen LogP contribution is -2.09. The van der Waals surface area contributed by atoms with Gasteiger partial charge in [0.25, 0.3) is 0 Å². The molecule has 7 aromatic carbocycles. The minimum atomic E-state index is -1.58. The van der Waals surface area contributed by atoms with E-state index in [1.165, 1.54) is 22.3 Å². The van der Waals surface area contributed by atoms with Crippen LogP contribution in [0.3, 0.4) is 0 Å². The van der Waals surface area contributed by atoms with E-state index in [4.69, 9.17) is 13.2 Å². The number of aryl methyl sites for hydroxylation is 4. The van der Waals surface area contributed by atoms with E-state index in [9.17, 15) is 0 Å². The average molecular weight is 1040 g/mol. The van der Waals surface area contributed by atoms with Crippen molar-refractivity contribution in [2.45, 2.75) is 107 Å². The SMILES string of the molecule is [2H]C([2H])(c1ccnc(-c2ccc(CCc3cc(CCc4ccc(-c5cc(C([2H])([2H])C(C)(C)C)ccn5)cc4)cc(-c4ccccc4-c4ccc(-c5cc(C([2H])([2H])C(C)(C)C)ccn5)cc4-c4ccc(-c5ccccc5)cc4)c3)cc2)c1)C(C)(C)C. The van der Waals surface area contributed by atoms with E-state index in [0.29, 0.717) is 22.4 Å². The Morgan fingerprint density at radius 2 is 0.633 bits per heavy atom. The first-order valence-corrected chi connectivity index (χ1v) is 27.9. The van der Waals surface area contributed by atoms with E-state index in [2.05, 4.69) is 168 Å². The molecule has 0 aliphatic carbocycles. The van der Waals surface area contributed by atoms with Gasteiger partial charge in [0.2, 0.25) is 0 Å². The fourth-order valence-corrected chi connectivity index (χ4v) is 10.4. The number of aromatic nitrogens is 3. The highest BCUT2D eigenvalue weighted by atomic mass is 14.7. The number of pyridine rings is 3. The van der Waals surface area contributed by atoms with Crippen molar-refractivity contribution in [3.8, 4) is 78.3 Å². The second kappa shape index (κ2) is 23.5. The molecular weight excluding hydrogens is 955 g/mol. The van der Waals surface area contributed by atoms with Crippen LogP contribution in [0.5, 0.6) is 0 Å². The highest BCUT2D eigenvalue weighted by molar-refractivity contribution is 5.94. The molecule has 79 heavy (non-hydrogen) atoms. The predicted octanol–water partition coefficient (Wildman–Crippen LogP) is 19.9. The third-order valence-corrected chi connectivity index (χ3v) is 13.9. The summed E-state index contributed by atoms with van der Waals surface area (Å²) in [7, 11) is 0. The van der Waals surface area contributed by atoms with Crippen LogP contribution in [0.2, 0.25) is 0 Å². The normalized spacial score (nSPS) is 13.6. The van der Waals surface area contributed by atoms with Crippen molar-refractivity contribution in [2.75, 3.05) is 0 Å². The molecule has 396 valence electrons. The van der Waals surface area contributed by atoms with Gasteiger partial charge in [-0.2, -0.15) is 0 Å². The summed E-state index contributed by atoms with van der Waals surface area (Å²) in [5, 5.41) is 0. The molecule has 0 fully saturated rings. The Kier molecular flexibility index (Phi) is 14.0. The van der Waals surface area contributed by atoms with Gasteiger partial charge in [-0.15, -0.1) is 0 Å². The van der Waals surface area contributed by atoms with E-state index in [-0.39, 0.29) is 0 Å². The molecule has 0 spiro atoms. The van der Waals surface area contributed by atoms with E-state index in [0.717, 1.165) is 98.3 Å². The largest absolute Gasteiger partial charge is 0.256 e. The molecule has 0 unspecified atom stereocenters. The summed E-state index contributed by atoms with van der Waals surface area (Å²) in [6.07, 6.45) is 3.76. The van der Waals surface area contributed by atoms with Crippen LogP contribution in [0.1, 0.15) is 109 Å². The summed E-state index contributed by atoms with van der Waals surface area (Å²) in [5.74, 6) is 0. The molecule has 3 aromatic heterocycles. The molecule has 0 saturated heterocycles. The molecule has 0 N–H and O–H groups in total. The van der Waals surface area contributed by atoms with Crippen LogP contribution >= 0.6 is 0 Å². The Hall–Kier alpha value is -8.01. The Balaban J connectivity index is 1.01. The zero-order chi connectivity index (χ0) is 60.5. The summed E-state index contributed by atoms with van der Waals surface area (Å²) in [6.45, 7) is 17.4. The van der Waals surface area contributed by atoms with Crippen molar-refractivity contribution in [3.05, 3.63) is 258 Å². The molecule has 10 aromatic rings. The van der Waals surface area contributed by atoms with Crippen LogP contribution in [-0.4, -0.2) is 15.0 Å². The number of hydrogen-bond donors (Lipinski definition) is 0. The van der Waals surface area contributed by atoms with Crippen molar-refractivity contribution in [1.29, 1.82) is 0 Å². The van der Waals surface area contributed by atoms with Gasteiger partial charge in [0.1, 0.15) is 0 Å². The van der Waals surface area contributed by atoms with Crippen molar-refractivity contribution in [1.82, 2.24) is 15.0 Å². The maximum absolute atomic E-state index is 9.13. The molecule has 0 aliphatic heterocycles. The highest BCUT2D eigenvalue weighted by Crippen LogP contribution is 2.42. The molecule has 0 aliphatic rings. The zero-order valence-electron chi connectivity index (χ0n) is 53.5. The summed E-state index contributed by atoms with van der Waals surface area (Å²) >= 11 is 0. The molecule has 0 bridgehead atoms. The minimum Gasteiger partial charge on any atom is -0.256 e. The van der Waals surface area contributed by atoms with Gasteiger partial charge in [-0.05, 0) is 187 Å². The summed E-state index contributed by atoms with van der Waals surface area (Å²) in [5.41, 5.74) is 18.7. The molecule has 3 heteroatoms. The van der Waals surface area contributed by atoms with Crippen molar-refractivity contribution < 1.29 is 8.22 Å². The predicted molar refractivity (Wildman–Crippen MR) is 335 cm³/mol. The first-order valence-electron chi connectivity index (χ1n) is 30.9. The topological polar surface area (TPSA) is 38.7 Å². The van der Waals surface area contributed by atoms with E-state index in [1.807, 2.05) is 86.6 Å². The average Bonchev–Trinajstić information content (AvgIpc) is 2.49. The molecule has 3 nitrogen and oxygen atoms in total. The van der Waals surface area contributed by atoms with Gasteiger partial charge < -0.3 is 0 Å². The van der Waals surface area contributed by atoms with Crippen molar-refractivity contribution in [2.24, 2.45) is 16.2 Å². The maximum atomic E-state index is 9.13. The first kappa shape index (κ1) is 47.0. The van der Waals surface area contributed by atoms with Crippen LogP contribution in [-0.2, 0) is 44.8 Å². The standard InChI is InChI=1S/C76H77N3/c1-74(2,3)50-57-37-40-77-71(46-57)63-27-23-53(24-28-63)19-21-55-43-56(22-20-54-25-29-64(30-26-54)72-47-58(38-41-78-72)51-75(4,5)6)45-66(44-55)67-17-13-14-18-68(67)69-36-35-65(73-48-59(39-42-79-73)52-76(7,8)9)49-70(69)62-33-31-61(32-34-62)60-15-11-10-12-16-60/h10-18,23-49H,19-22,50-52H2,1-9H3/i50D2,51D2,52D2. The Labute approximate surface area is 480 Å². The number of hydrogen-bond acceptors (Lipinski definition) is 3. The lowest BCUT2D eigenvalue weighted by Gasteiger charge is -2.19. The van der Waals surface area contributed by atoms with Gasteiger partial charge in [-0.3, -0.25) is 15.0 Å². The van der Waals surface area contributed by atoms with Crippen LogP contribution in [0.15, 0.2) is 219 Å². The second-order valence-electron chi connectivity index (χ2n) is 24.1. The lowest BCUT2D eigenvalue weighted by atomic mass is 9.86. The van der Waals surface area contributed by atoms with Gasteiger partial charge in [-0.1, -0.05) is 220 Å². The number of rotatable bonds is 16. The second-order valence-corrected chi connectivity index (χ2v) is 24.1. The van der Waals surface area contributed by atoms with Crippen molar-refractivity contribution in [3.63, 3.8) is 0 Å². The number of benzene rings is 7. The van der Waals surface area contributed by atoms with Gasteiger partial charge in [0.05, 0.1) is 17.1 Å². The Morgan fingerprint density at radius 1 is 0.266 bits per heavy atom. The smallest absolute Gasteiger partial charge is 0.0704 e. The fourth-order valence-electron chi connectivity index (χ4n) is 10.4. The van der Waals surface area contributed by atoms with E-state index < -0.39 is 35.4 Å². The Morgan fingerprint density at radius 3 is 1.10 bits per heavy atom. The Bertz CT molecular complexity index is 3830. The molecule has 10 rings (SSSR count). The lowest BCUT2D eigenvalue weighted by molar-refractivity contribution is 0.411. The van der Waals surface area contributed by atoms with Gasteiger partial charge in [0.15, 0.2) is 0 Å². The summed E-state index contributed by atoms with van der Waals surface area (Å²) in [6, 6.07) is 69.7. The van der Waals surface area contributed by atoms with Gasteiger partial charge >= 0.3 is 0 Å². The van der Waals surface area contributed by atoms with Crippen LogP contribution in [0.25, 0.3) is 78.3 Å². The van der Waals surface area contributed by atoms with Crippen LogP contribution < -0.4 is 0 Å². The molecule has 0 saturated carbocycles. The third kappa shape index (κ3) is 14.6. The third-order valence-electron chi connectivity index (χ3n) is 13.9. The quantitative estimate of drug-likeness (QED) is 0.0968. The van der Waals surface area contributed by atoms with Crippen LogP contribution in [0.4, 0.5) is 0 Å². The summed E-state index contributed by atoms with van der Waals surface area (Å²) < 4.78 is 53.9. The van der Waals surface area contributed by atoms with Crippen LogP contribution in [0, 0.1) is 16.2 Å². The fraction of sp³-hybridized carbons (Fsp3) is 0.250. The molecule has 0 atom stereocenters. The first-order chi connectivity index (χ1) is 40.3. The monoisotopic (exact) mass is 1040 g/mol. The van der Waals surface area contributed by atoms with E-state index in [1.54, 1.807) is 36.8 Å². The highest BCUT2D eigenvalue weighted by Gasteiger charge is 2.19. The minimum absolute atomic E-state index is 0.579. The molecule has 0 amide bonds.